The molecular weight excluding hydrogens is 296 g/mol. The molecule has 1 saturated heterocycles. The number of hydrogen-bond acceptors (Lipinski definition) is 2. The van der Waals surface area contributed by atoms with Crippen LogP contribution in [0.5, 0.6) is 0 Å². The quantitative estimate of drug-likeness (QED) is 0.916. The fraction of sp³-hybridized carbons (Fsp3) is 0.611. The normalized spacial score (nSPS) is 18.2. The van der Waals surface area contributed by atoms with Gasteiger partial charge in [0.15, 0.2) is 0 Å². The molecule has 1 aliphatic rings. The maximum absolute atomic E-state index is 12.3. The van der Waals surface area contributed by atoms with Gasteiger partial charge in [-0.1, -0.05) is 45.0 Å². The average Bonchev–Trinajstić information content (AvgIpc) is 2.93. The van der Waals surface area contributed by atoms with Gasteiger partial charge in [-0.05, 0) is 36.4 Å². The van der Waals surface area contributed by atoms with Crippen molar-refractivity contribution in [2.24, 2.45) is 0 Å². The smallest absolute Gasteiger partial charge is 0.224 e. The molecule has 0 spiro atoms. The molecule has 1 heterocycles. The Labute approximate surface area is 140 Å². The van der Waals surface area contributed by atoms with Crippen LogP contribution in [-0.2, 0) is 10.2 Å². The van der Waals surface area contributed by atoms with Crippen molar-refractivity contribution in [1.82, 2.24) is 10.2 Å². The van der Waals surface area contributed by atoms with E-state index in [1.807, 2.05) is 7.05 Å². The Kier molecular flexibility index (Phi) is 6.89. The summed E-state index contributed by atoms with van der Waals surface area (Å²) < 4.78 is 0. The minimum Gasteiger partial charge on any atom is -0.336 e. The Bertz CT molecular complexity index is 479. The first kappa shape index (κ1) is 19.0. The highest BCUT2D eigenvalue weighted by molar-refractivity contribution is 5.85. The fourth-order valence-corrected chi connectivity index (χ4v) is 2.99. The summed E-state index contributed by atoms with van der Waals surface area (Å²) in [6.45, 7) is 8.33. The second-order valence-electron chi connectivity index (χ2n) is 6.97. The van der Waals surface area contributed by atoms with Crippen molar-refractivity contribution in [2.75, 3.05) is 20.1 Å². The molecule has 0 aliphatic carbocycles. The van der Waals surface area contributed by atoms with Crippen molar-refractivity contribution in [2.45, 2.75) is 51.5 Å². The molecule has 4 heteroatoms. The molecule has 1 aromatic rings. The Morgan fingerprint density at radius 3 is 2.45 bits per heavy atom. The molecule has 1 atom stereocenters. The zero-order chi connectivity index (χ0) is 15.5. The number of nitrogens with zero attached hydrogens (tertiary/aromatic N) is 1. The van der Waals surface area contributed by atoms with Crippen LogP contribution < -0.4 is 5.32 Å². The molecule has 1 aliphatic heterocycles. The highest BCUT2D eigenvalue weighted by Gasteiger charge is 2.29. The minimum absolute atomic E-state index is 0. The largest absolute Gasteiger partial charge is 0.336 e. The lowest BCUT2D eigenvalue weighted by atomic mass is 9.86. The summed E-state index contributed by atoms with van der Waals surface area (Å²) >= 11 is 0. The van der Waals surface area contributed by atoms with E-state index < -0.39 is 0 Å². The van der Waals surface area contributed by atoms with Gasteiger partial charge in [-0.3, -0.25) is 4.79 Å². The standard InChI is InChI=1S/C18H28N2O.ClH/c1-18(2,3)15-9-7-14(8-10-15)16-6-5-13-20(16)17(21)11-12-19-4;/h7-10,16,19H,5-6,11-13H2,1-4H3;1H. The van der Waals surface area contributed by atoms with Crippen molar-refractivity contribution in [3.05, 3.63) is 35.4 Å². The van der Waals surface area contributed by atoms with Crippen LogP contribution in [0.15, 0.2) is 24.3 Å². The van der Waals surface area contributed by atoms with E-state index in [9.17, 15) is 4.79 Å². The summed E-state index contributed by atoms with van der Waals surface area (Å²) in [6.07, 6.45) is 2.78. The predicted octanol–water partition coefficient (Wildman–Crippen LogP) is 3.68. The molecule has 22 heavy (non-hydrogen) atoms. The van der Waals surface area contributed by atoms with Crippen molar-refractivity contribution >= 4 is 18.3 Å². The van der Waals surface area contributed by atoms with E-state index in [1.165, 1.54) is 11.1 Å². The zero-order valence-electron chi connectivity index (χ0n) is 14.2. The number of nitrogens with one attached hydrogen (secondary N) is 1. The van der Waals surface area contributed by atoms with Crippen molar-refractivity contribution in [3.8, 4) is 0 Å². The van der Waals surface area contributed by atoms with Gasteiger partial charge in [0.2, 0.25) is 5.91 Å². The van der Waals surface area contributed by atoms with Gasteiger partial charge < -0.3 is 10.2 Å². The molecule has 1 fully saturated rings. The molecule has 0 radical (unpaired) electrons. The van der Waals surface area contributed by atoms with Gasteiger partial charge in [-0.2, -0.15) is 0 Å². The predicted molar refractivity (Wildman–Crippen MR) is 94.6 cm³/mol. The third-order valence-corrected chi connectivity index (χ3v) is 4.32. The molecule has 2 rings (SSSR count). The van der Waals surface area contributed by atoms with Crippen LogP contribution in [-0.4, -0.2) is 30.9 Å². The van der Waals surface area contributed by atoms with E-state index in [1.54, 1.807) is 0 Å². The molecule has 1 amide bonds. The molecule has 0 bridgehead atoms. The van der Waals surface area contributed by atoms with Crippen molar-refractivity contribution in [3.63, 3.8) is 0 Å². The third-order valence-electron chi connectivity index (χ3n) is 4.32. The summed E-state index contributed by atoms with van der Waals surface area (Å²) in [7, 11) is 1.89. The summed E-state index contributed by atoms with van der Waals surface area (Å²) in [6, 6.07) is 9.10. The summed E-state index contributed by atoms with van der Waals surface area (Å²) in [5.41, 5.74) is 2.80. The van der Waals surface area contributed by atoms with Gasteiger partial charge >= 0.3 is 0 Å². The summed E-state index contributed by atoms with van der Waals surface area (Å²) in [5, 5.41) is 3.05. The Morgan fingerprint density at radius 2 is 1.91 bits per heavy atom. The first-order valence-electron chi connectivity index (χ1n) is 7.98. The van der Waals surface area contributed by atoms with E-state index in [0.29, 0.717) is 6.42 Å². The lowest BCUT2D eigenvalue weighted by Crippen LogP contribution is -2.32. The Hall–Kier alpha value is -1.06. The van der Waals surface area contributed by atoms with Gasteiger partial charge in [0.1, 0.15) is 0 Å². The molecule has 124 valence electrons. The average molecular weight is 325 g/mol. The first-order chi connectivity index (χ1) is 9.93. The molecule has 3 nitrogen and oxygen atoms in total. The summed E-state index contributed by atoms with van der Waals surface area (Å²) in [4.78, 5) is 14.4. The van der Waals surface area contributed by atoms with E-state index in [4.69, 9.17) is 0 Å². The number of carbonyl (C=O) groups excluding carboxylic acids is 1. The van der Waals surface area contributed by atoms with Crippen molar-refractivity contribution < 1.29 is 4.79 Å². The van der Waals surface area contributed by atoms with Gasteiger partial charge in [-0.15, -0.1) is 12.4 Å². The van der Waals surface area contributed by atoms with Gasteiger partial charge in [0.25, 0.3) is 0 Å². The van der Waals surface area contributed by atoms with E-state index >= 15 is 0 Å². The Morgan fingerprint density at radius 1 is 1.27 bits per heavy atom. The van der Waals surface area contributed by atoms with E-state index in [-0.39, 0.29) is 29.8 Å². The van der Waals surface area contributed by atoms with Crippen molar-refractivity contribution in [1.29, 1.82) is 0 Å². The minimum atomic E-state index is 0. The van der Waals surface area contributed by atoms with Gasteiger partial charge in [0, 0.05) is 19.5 Å². The monoisotopic (exact) mass is 324 g/mol. The fourth-order valence-electron chi connectivity index (χ4n) is 2.99. The molecule has 1 aromatic carbocycles. The number of rotatable bonds is 4. The van der Waals surface area contributed by atoms with Crippen LogP contribution in [0, 0.1) is 0 Å². The van der Waals surface area contributed by atoms with E-state index in [0.717, 1.165) is 25.9 Å². The second-order valence-corrected chi connectivity index (χ2v) is 6.97. The van der Waals surface area contributed by atoms with Crippen LogP contribution in [0.4, 0.5) is 0 Å². The van der Waals surface area contributed by atoms with Crippen LogP contribution in [0.3, 0.4) is 0 Å². The van der Waals surface area contributed by atoms with Gasteiger partial charge in [-0.25, -0.2) is 0 Å². The number of carbonyl (C=O) groups is 1. The number of hydrogen-bond donors (Lipinski definition) is 1. The maximum atomic E-state index is 12.3. The van der Waals surface area contributed by atoms with Crippen LogP contribution >= 0.6 is 12.4 Å². The number of amides is 1. The van der Waals surface area contributed by atoms with Crippen LogP contribution in [0.2, 0.25) is 0 Å². The topological polar surface area (TPSA) is 32.3 Å². The van der Waals surface area contributed by atoms with Crippen LogP contribution in [0.25, 0.3) is 0 Å². The molecule has 0 saturated carbocycles. The Balaban J connectivity index is 0.00000242. The lowest BCUT2D eigenvalue weighted by Gasteiger charge is -2.26. The van der Waals surface area contributed by atoms with Gasteiger partial charge in [0.05, 0.1) is 6.04 Å². The zero-order valence-corrected chi connectivity index (χ0v) is 15.0. The lowest BCUT2D eigenvalue weighted by molar-refractivity contribution is -0.132. The third kappa shape index (κ3) is 4.47. The summed E-state index contributed by atoms with van der Waals surface area (Å²) in [5.74, 6) is 0.270. The maximum Gasteiger partial charge on any atom is 0.224 e. The highest BCUT2D eigenvalue weighted by atomic mass is 35.5. The number of likely N-dealkylation sites (tertiary alicyclic amines) is 1. The molecule has 1 N–H and O–H groups in total. The second kappa shape index (κ2) is 7.98. The van der Waals surface area contributed by atoms with Crippen LogP contribution in [0.1, 0.15) is 57.2 Å². The number of benzene rings is 1. The molecule has 1 unspecified atom stereocenters. The highest BCUT2D eigenvalue weighted by Crippen LogP contribution is 2.33. The SMILES string of the molecule is CNCCC(=O)N1CCCC1c1ccc(C(C)(C)C)cc1.Cl. The molecule has 0 aromatic heterocycles. The van der Waals surface area contributed by atoms with E-state index in [2.05, 4.69) is 55.3 Å². The number of halogens is 1. The first-order valence-corrected chi connectivity index (χ1v) is 7.98. The molecular formula is C18H29ClN2O.